The number of carbonyl (C=O) groups is 1. The van der Waals surface area contributed by atoms with Gasteiger partial charge < -0.3 is 0 Å². The van der Waals surface area contributed by atoms with E-state index < -0.39 is 0 Å². The van der Waals surface area contributed by atoms with E-state index in [9.17, 15) is 4.79 Å². The lowest BCUT2D eigenvalue weighted by molar-refractivity contribution is -0.110. The third-order valence-electron chi connectivity index (χ3n) is 1.13. The highest BCUT2D eigenvalue weighted by Crippen LogP contribution is 2.29. The Kier molecular flexibility index (Phi) is 2.26. The van der Waals surface area contributed by atoms with Gasteiger partial charge in [0, 0.05) is 4.48 Å². The van der Waals surface area contributed by atoms with Crippen molar-refractivity contribution in [2.75, 3.05) is 0 Å². The van der Waals surface area contributed by atoms with Crippen molar-refractivity contribution in [2.24, 2.45) is 0 Å². The number of rotatable bonds is 0. The predicted octanol–water partition coefficient (Wildman–Crippen LogP) is 2.68. The Labute approximate surface area is 75.8 Å². The number of ketones is 1. The molecule has 0 spiro atoms. The van der Waals surface area contributed by atoms with Crippen molar-refractivity contribution in [1.82, 2.24) is 0 Å². The molecule has 1 aliphatic carbocycles. The minimum Gasteiger partial charge on any atom is -0.289 e. The Morgan fingerprint density at radius 2 is 1.80 bits per heavy atom. The molecule has 10 heavy (non-hydrogen) atoms. The smallest absolute Gasteiger partial charge is 0.193 e. The molecule has 0 unspecified atom stereocenters. The molecular formula is C7H4Br2O. The summed E-state index contributed by atoms with van der Waals surface area (Å²) in [6.07, 6.45) is 3.16. The molecule has 0 amide bonds. The first-order valence-electron chi connectivity index (χ1n) is 2.60. The molecule has 0 bridgehead atoms. The fraction of sp³-hybridized carbons (Fsp3) is 0. The third kappa shape index (κ3) is 1.30. The molecule has 0 N–H and O–H groups in total. The maximum absolute atomic E-state index is 10.9. The zero-order valence-electron chi connectivity index (χ0n) is 5.03. The van der Waals surface area contributed by atoms with Crippen LogP contribution in [0.15, 0.2) is 33.3 Å². The van der Waals surface area contributed by atoms with Crippen molar-refractivity contribution in [3.05, 3.63) is 33.3 Å². The highest BCUT2D eigenvalue weighted by atomic mass is 79.9. The monoisotopic (exact) mass is 262 g/mol. The van der Waals surface area contributed by atoms with Gasteiger partial charge in [-0.1, -0.05) is 12.7 Å². The lowest BCUT2D eigenvalue weighted by Gasteiger charge is -2.05. The molecule has 0 heterocycles. The molecule has 0 radical (unpaired) electrons. The van der Waals surface area contributed by atoms with E-state index in [2.05, 4.69) is 38.4 Å². The topological polar surface area (TPSA) is 17.1 Å². The van der Waals surface area contributed by atoms with Gasteiger partial charge in [0.05, 0.1) is 4.48 Å². The molecule has 0 saturated carbocycles. The van der Waals surface area contributed by atoms with Crippen LogP contribution in [0.1, 0.15) is 0 Å². The second kappa shape index (κ2) is 2.84. The number of carbonyl (C=O) groups excluding carboxylic acids is 1. The van der Waals surface area contributed by atoms with E-state index in [-0.39, 0.29) is 5.78 Å². The molecule has 0 aromatic carbocycles. The van der Waals surface area contributed by atoms with Gasteiger partial charge in [0.15, 0.2) is 5.78 Å². The lowest BCUT2D eigenvalue weighted by atomic mass is 10.1. The Morgan fingerprint density at radius 1 is 1.20 bits per heavy atom. The maximum atomic E-state index is 10.9. The molecule has 52 valence electrons. The molecule has 0 atom stereocenters. The van der Waals surface area contributed by atoms with Crippen LogP contribution in [0.5, 0.6) is 0 Å². The first kappa shape index (κ1) is 7.95. The Hall–Kier alpha value is -0.150. The Balaban J connectivity index is 3.12. The van der Waals surface area contributed by atoms with Crippen LogP contribution < -0.4 is 0 Å². The lowest BCUT2D eigenvalue weighted by Crippen LogP contribution is -1.99. The van der Waals surface area contributed by atoms with Gasteiger partial charge in [-0.15, -0.1) is 0 Å². The average Bonchev–Trinajstić information content (AvgIpc) is 1.93. The van der Waals surface area contributed by atoms with Crippen molar-refractivity contribution in [1.29, 1.82) is 0 Å². The molecule has 0 aromatic heterocycles. The molecule has 0 saturated heterocycles. The van der Waals surface area contributed by atoms with Gasteiger partial charge in [-0.05, 0) is 43.5 Å². The highest BCUT2D eigenvalue weighted by molar-refractivity contribution is 9.14. The fourth-order valence-electron chi connectivity index (χ4n) is 0.572. The summed E-state index contributed by atoms with van der Waals surface area (Å²) >= 11 is 6.35. The van der Waals surface area contributed by atoms with E-state index in [0.29, 0.717) is 4.48 Å². The van der Waals surface area contributed by atoms with Crippen molar-refractivity contribution >= 4 is 37.6 Å². The third-order valence-corrected chi connectivity index (χ3v) is 3.35. The summed E-state index contributed by atoms with van der Waals surface area (Å²) in [6.45, 7) is 3.71. The molecule has 0 aromatic rings. The van der Waals surface area contributed by atoms with Crippen LogP contribution in [0.3, 0.4) is 0 Å². The molecule has 1 aliphatic rings. The van der Waals surface area contributed by atoms with Gasteiger partial charge >= 0.3 is 0 Å². The molecule has 0 aliphatic heterocycles. The first-order valence-corrected chi connectivity index (χ1v) is 4.18. The maximum Gasteiger partial charge on any atom is 0.193 e. The average molecular weight is 264 g/mol. The van der Waals surface area contributed by atoms with Gasteiger partial charge in [0.25, 0.3) is 0 Å². The van der Waals surface area contributed by atoms with Gasteiger partial charge in [-0.25, -0.2) is 0 Å². The van der Waals surface area contributed by atoms with Gasteiger partial charge in [0.2, 0.25) is 0 Å². The normalized spacial score (nSPS) is 18.6. The molecule has 1 nitrogen and oxygen atoms in total. The van der Waals surface area contributed by atoms with E-state index in [1.165, 1.54) is 6.08 Å². The van der Waals surface area contributed by atoms with Crippen LogP contribution in [-0.2, 0) is 4.79 Å². The zero-order chi connectivity index (χ0) is 7.72. The number of hydrogen-bond donors (Lipinski definition) is 0. The summed E-state index contributed by atoms with van der Waals surface area (Å²) < 4.78 is 1.28. The van der Waals surface area contributed by atoms with Crippen LogP contribution >= 0.6 is 31.9 Å². The van der Waals surface area contributed by atoms with Crippen LogP contribution in [0, 0.1) is 0 Å². The number of hydrogen-bond acceptors (Lipinski definition) is 1. The number of halogens is 2. The summed E-state index contributed by atoms with van der Waals surface area (Å²) in [4.78, 5) is 10.9. The summed E-state index contributed by atoms with van der Waals surface area (Å²) in [5, 5.41) is 0. The van der Waals surface area contributed by atoms with E-state index in [1.54, 1.807) is 6.08 Å². The summed E-state index contributed by atoms with van der Waals surface area (Å²) in [7, 11) is 0. The largest absolute Gasteiger partial charge is 0.289 e. The minimum absolute atomic E-state index is 0.0284. The minimum atomic E-state index is -0.0284. The van der Waals surface area contributed by atoms with Crippen LogP contribution in [0.4, 0.5) is 0 Å². The van der Waals surface area contributed by atoms with Crippen LogP contribution in [0.25, 0.3) is 0 Å². The second-order valence-electron chi connectivity index (χ2n) is 1.85. The van der Waals surface area contributed by atoms with Gasteiger partial charge in [0.1, 0.15) is 0 Å². The van der Waals surface area contributed by atoms with Crippen molar-refractivity contribution in [3.63, 3.8) is 0 Å². The quantitative estimate of drug-likeness (QED) is 0.657. The standard InChI is InChI=1S/C7H4Br2O/c1-4-2-3-5(10)7(9)6(4)8/h2-3H,1H2. The second-order valence-corrected chi connectivity index (χ2v) is 3.44. The fourth-order valence-corrected chi connectivity index (χ4v) is 1.29. The first-order chi connectivity index (χ1) is 4.63. The van der Waals surface area contributed by atoms with E-state index in [0.717, 1.165) is 10.1 Å². The van der Waals surface area contributed by atoms with Gasteiger partial charge in [-0.2, -0.15) is 0 Å². The van der Waals surface area contributed by atoms with Crippen LogP contribution in [-0.4, -0.2) is 5.78 Å². The van der Waals surface area contributed by atoms with E-state index >= 15 is 0 Å². The zero-order valence-corrected chi connectivity index (χ0v) is 8.20. The summed E-state index contributed by atoms with van der Waals surface area (Å²) in [6, 6.07) is 0. The molecule has 1 rings (SSSR count). The molecule has 3 heteroatoms. The van der Waals surface area contributed by atoms with E-state index in [1.807, 2.05) is 0 Å². The van der Waals surface area contributed by atoms with E-state index in [4.69, 9.17) is 0 Å². The molecular weight excluding hydrogens is 260 g/mol. The van der Waals surface area contributed by atoms with Crippen molar-refractivity contribution in [2.45, 2.75) is 0 Å². The van der Waals surface area contributed by atoms with Crippen molar-refractivity contribution < 1.29 is 4.79 Å². The predicted molar refractivity (Wildman–Crippen MR) is 48.2 cm³/mol. The molecule has 0 fully saturated rings. The number of allylic oxidation sites excluding steroid dienone is 5. The summed E-state index contributed by atoms with van der Waals surface area (Å²) in [5.41, 5.74) is 0.812. The van der Waals surface area contributed by atoms with Gasteiger partial charge in [-0.3, -0.25) is 4.79 Å². The van der Waals surface area contributed by atoms with Crippen LogP contribution in [0.2, 0.25) is 0 Å². The summed E-state index contributed by atoms with van der Waals surface area (Å²) in [5.74, 6) is -0.0284. The SMILES string of the molecule is C=C1C=CC(=O)C(Br)=C1Br. The Bertz CT molecular complexity index is 235. The Morgan fingerprint density at radius 3 is 2.30 bits per heavy atom. The van der Waals surface area contributed by atoms with Crippen molar-refractivity contribution in [3.8, 4) is 0 Å². The highest BCUT2D eigenvalue weighted by Gasteiger charge is 2.13.